The van der Waals surface area contributed by atoms with Gasteiger partial charge in [0, 0.05) is 23.6 Å². The topological polar surface area (TPSA) is 82.5 Å². The molecular formula is C19H17F2N3O4. The van der Waals surface area contributed by atoms with Crippen LogP contribution in [0.3, 0.4) is 0 Å². The minimum Gasteiger partial charge on any atom is -0.493 e. The van der Waals surface area contributed by atoms with Crippen LogP contribution in [0.4, 0.5) is 14.5 Å². The Morgan fingerprint density at radius 3 is 2.75 bits per heavy atom. The molecule has 0 spiro atoms. The molecule has 3 aromatic rings. The fraction of sp³-hybridized carbons (Fsp3) is 0.211. The zero-order chi connectivity index (χ0) is 20.1. The first kappa shape index (κ1) is 19.3. The number of nitrogens with zero attached hydrogens (tertiary/aromatic N) is 2. The Hall–Kier alpha value is -3.49. The summed E-state index contributed by atoms with van der Waals surface area (Å²) < 4.78 is 35.9. The summed E-state index contributed by atoms with van der Waals surface area (Å²) in [6.45, 7) is -2.78. The van der Waals surface area contributed by atoms with Crippen LogP contribution in [0.15, 0.2) is 53.5 Å². The molecule has 0 fully saturated rings. The maximum absolute atomic E-state index is 12.5. The maximum Gasteiger partial charge on any atom is 0.387 e. The van der Waals surface area contributed by atoms with Crippen LogP contribution in [0, 0.1) is 0 Å². The van der Waals surface area contributed by atoms with Gasteiger partial charge in [0.15, 0.2) is 11.5 Å². The number of carbonyl (C=O) groups is 1. The second-order valence-electron chi connectivity index (χ2n) is 5.79. The molecule has 0 saturated heterocycles. The van der Waals surface area contributed by atoms with E-state index >= 15 is 0 Å². The predicted octanol–water partition coefficient (Wildman–Crippen LogP) is 3.04. The Bertz CT molecular complexity index is 1050. The largest absolute Gasteiger partial charge is 0.493 e. The van der Waals surface area contributed by atoms with Crippen molar-refractivity contribution in [1.29, 1.82) is 0 Å². The highest BCUT2D eigenvalue weighted by atomic mass is 19.3. The van der Waals surface area contributed by atoms with Crippen molar-refractivity contribution in [2.75, 3.05) is 12.4 Å². The highest BCUT2D eigenvalue weighted by molar-refractivity contribution is 5.91. The van der Waals surface area contributed by atoms with E-state index in [1.54, 1.807) is 28.9 Å². The number of amides is 1. The normalized spacial score (nSPS) is 10.9. The van der Waals surface area contributed by atoms with E-state index in [4.69, 9.17) is 4.74 Å². The Labute approximate surface area is 158 Å². The van der Waals surface area contributed by atoms with Crippen LogP contribution in [0.1, 0.15) is 6.42 Å². The van der Waals surface area contributed by atoms with Crippen LogP contribution in [0.25, 0.3) is 10.9 Å². The van der Waals surface area contributed by atoms with Gasteiger partial charge in [-0.05, 0) is 24.3 Å². The number of halogens is 2. The quantitative estimate of drug-likeness (QED) is 0.672. The monoisotopic (exact) mass is 389 g/mol. The number of alkyl halides is 2. The molecule has 146 valence electrons. The summed E-state index contributed by atoms with van der Waals surface area (Å²) in [5.74, 6) is -0.400. The number of rotatable bonds is 7. The average molecular weight is 389 g/mol. The van der Waals surface area contributed by atoms with Gasteiger partial charge in [0.25, 0.3) is 0 Å². The van der Waals surface area contributed by atoms with Gasteiger partial charge in [0.1, 0.15) is 0 Å². The Morgan fingerprint density at radius 2 is 2.00 bits per heavy atom. The molecule has 28 heavy (non-hydrogen) atoms. The number of aromatic nitrogens is 2. The third-order valence-corrected chi connectivity index (χ3v) is 3.98. The summed E-state index contributed by atoms with van der Waals surface area (Å²) in [5.41, 5.74) is 0.722. The zero-order valence-electron chi connectivity index (χ0n) is 14.9. The summed E-state index contributed by atoms with van der Waals surface area (Å²) in [7, 11) is 1.33. The van der Waals surface area contributed by atoms with Crippen molar-refractivity contribution in [2.24, 2.45) is 0 Å². The molecule has 3 rings (SSSR count). The number of ether oxygens (including phenoxy) is 2. The molecule has 9 heteroatoms. The van der Waals surface area contributed by atoms with E-state index in [1.807, 2.05) is 0 Å². The summed E-state index contributed by atoms with van der Waals surface area (Å²) in [6.07, 6.45) is 1.27. The van der Waals surface area contributed by atoms with E-state index in [9.17, 15) is 18.4 Å². The van der Waals surface area contributed by atoms with Crippen LogP contribution in [0.5, 0.6) is 11.5 Å². The smallest absolute Gasteiger partial charge is 0.387 e. The molecule has 0 unspecified atom stereocenters. The first-order valence-electron chi connectivity index (χ1n) is 8.35. The molecule has 0 radical (unpaired) electrons. The van der Waals surface area contributed by atoms with Gasteiger partial charge in [-0.3, -0.25) is 14.3 Å². The lowest BCUT2D eigenvalue weighted by Crippen LogP contribution is -2.18. The van der Waals surface area contributed by atoms with Crippen molar-refractivity contribution in [2.45, 2.75) is 19.6 Å². The maximum atomic E-state index is 12.5. The number of aryl methyl sites for hydroxylation is 1. The minimum absolute atomic E-state index is 0.0664. The van der Waals surface area contributed by atoms with Crippen LogP contribution in [0.2, 0.25) is 0 Å². The number of benzene rings is 2. The van der Waals surface area contributed by atoms with Gasteiger partial charge in [0.2, 0.25) is 11.3 Å². The van der Waals surface area contributed by atoms with Gasteiger partial charge in [-0.2, -0.15) is 13.9 Å². The summed E-state index contributed by atoms with van der Waals surface area (Å²) >= 11 is 0. The van der Waals surface area contributed by atoms with Crippen LogP contribution < -0.4 is 20.2 Å². The Balaban J connectivity index is 1.70. The van der Waals surface area contributed by atoms with E-state index in [2.05, 4.69) is 15.2 Å². The molecule has 1 aromatic heterocycles. The molecule has 1 N–H and O–H groups in total. The fourth-order valence-corrected chi connectivity index (χ4v) is 2.71. The molecule has 0 aliphatic heterocycles. The Morgan fingerprint density at radius 1 is 1.21 bits per heavy atom. The lowest BCUT2D eigenvalue weighted by Gasteiger charge is -2.13. The molecule has 1 heterocycles. The number of hydrogen-bond donors (Lipinski definition) is 1. The van der Waals surface area contributed by atoms with Gasteiger partial charge < -0.3 is 14.8 Å². The SMILES string of the molecule is COc1ccc(NC(=O)CCn2ncc(=O)c3ccccc32)cc1OC(F)F. The summed E-state index contributed by atoms with van der Waals surface area (Å²) in [5, 5.41) is 7.19. The highest BCUT2D eigenvalue weighted by Gasteiger charge is 2.13. The number of methoxy groups -OCH3 is 1. The van der Waals surface area contributed by atoms with Crippen LogP contribution in [-0.2, 0) is 11.3 Å². The third-order valence-electron chi connectivity index (χ3n) is 3.98. The first-order valence-corrected chi connectivity index (χ1v) is 8.35. The van der Waals surface area contributed by atoms with Gasteiger partial charge >= 0.3 is 6.61 Å². The molecule has 0 saturated carbocycles. The molecule has 2 aromatic carbocycles. The second kappa shape index (κ2) is 8.47. The molecule has 0 aliphatic carbocycles. The van der Waals surface area contributed by atoms with Crippen LogP contribution >= 0.6 is 0 Å². The minimum atomic E-state index is -3.01. The lowest BCUT2D eigenvalue weighted by molar-refractivity contribution is -0.116. The van der Waals surface area contributed by atoms with Gasteiger partial charge in [-0.25, -0.2) is 0 Å². The van der Waals surface area contributed by atoms with E-state index in [0.29, 0.717) is 16.6 Å². The van der Waals surface area contributed by atoms with Crippen LogP contribution in [-0.4, -0.2) is 29.4 Å². The predicted molar refractivity (Wildman–Crippen MR) is 98.9 cm³/mol. The molecule has 7 nitrogen and oxygen atoms in total. The number of fused-ring (bicyclic) bond motifs is 1. The van der Waals surface area contributed by atoms with Gasteiger partial charge in [-0.1, -0.05) is 12.1 Å². The fourth-order valence-electron chi connectivity index (χ4n) is 2.71. The van der Waals surface area contributed by atoms with Crippen molar-refractivity contribution >= 4 is 22.5 Å². The van der Waals surface area contributed by atoms with E-state index < -0.39 is 6.61 Å². The van der Waals surface area contributed by atoms with E-state index in [1.165, 1.54) is 31.5 Å². The number of para-hydroxylation sites is 1. The van der Waals surface area contributed by atoms with Gasteiger partial charge in [-0.15, -0.1) is 0 Å². The molecular weight excluding hydrogens is 372 g/mol. The van der Waals surface area contributed by atoms with Crippen molar-refractivity contribution in [3.8, 4) is 11.5 Å². The number of anilines is 1. The summed E-state index contributed by atoms with van der Waals surface area (Å²) in [4.78, 5) is 24.1. The van der Waals surface area contributed by atoms with Crippen molar-refractivity contribution in [1.82, 2.24) is 9.78 Å². The number of hydrogen-bond acceptors (Lipinski definition) is 5. The van der Waals surface area contributed by atoms with Gasteiger partial charge in [0.05, 0.1) is 25.4 Å². The van der Waals surface area contributed by atoms with Crippen molar-refractivity contribution < 1.29 is 23.0 Å². The number of carbonyl (C=O) groups excluding carboxylic acids is 1. The average Bonchev–Trinajstić information content (AvgIpc) is 2.67. The molecule has 0 aliphatic rings. The molecule has 0 atom stereocenters. The number of nitrogens with one attached hydrogen (secondary N) is 1. The lowest BCUT2D eigenvalue weighted by atomic mass is 10.2. The molecule has 1 amide bonds. The van der Waals surface area contributed by atoms with Crippen molar-refractivity contribution in [3.05, 3.63) is 58.9 Å². The van der Waals surface area contributed by atoms with E-state index in [0.717, 1.165) is 0 Å². The zero-order valence-corrected chi connectivity index (χ0v) is 14.9. The van der Waals surface area contributed by atoms with Crippen molar-refractivity contribution in [3.63, 3.8) is 0 Å². The summed E-state index contributed by atoms with van der Waals surface area (Å²) in [6, 6.07) is 11.2. The second-order valence-corrected chi connectivity index (χ2v) is 5.79. The Kier molecular flexibility index (Phi) is 5.83. The third kappa shape index (κ3) is 4.43. The first-order chi connectivity index (χ1) is 13.5. The van der Waals surface area contributed by atoms with E-state index in [-0.39, 0.29) is 35.8 Å². The highest BCUT2D eigenvalue weighted by Crippen LogP contribution is 2.31. The molecule has 0 bridgehead atoms. The standard InChI is InChI=1S/C19H17F2N3O4/c1-27-16-7-6-12(10-17(16)28-19(20)21)23-18(26)8-9-24-14-5-3-2-4-13(14)15(25)11-22-24/h2-7,10-11,19H,8-9H2,1H3,(H,23,26).